The van der Waals surface area contributed by atoms with E-state index in [1.165, 1.54) is 11.3 Å². The first kappa shape index (κ1) is 16.1. The van der Waals surface area contributed by atoms with E-state index >= 15 is 0 Å². The molecule has 2 N–H and O–H groups in total. The highest BCUT2D eigenvalue weighted by atomic mass is 35.5. The standard InChI is InChI=1S/C17H16ClN5OS/c18-15-14(25-17(21-15)23-9-1-2-10-23)16(24)20-12-5-3-11(4-6-12)13-7-8-19-22-13/h3-8H,1-2,9-10H2,(H,19,22)(H,20,24). The number of carbonyl (C=O) groups excluding carboxylic acids is 1. The molecule has 0 atom stereocenters. The van der Waals surface area contributed by atoms with Gasteiger partial charge in [0.2, 0.25) is 0 Å². The highest BCUT2D eigenvalue weighted by molar-refractivity contribution is 7.18. The average molecular weight is 374 g/mol. The lowest BCUT2D eigenvalue weighted by atomic mass is 10.1. The van der Waals surface area contributed by atoms with Crippen molar-refractivity contribution in [3.05, 3.63) is 46.6 Å². The summed E-state index contributed by atoms with van der Waals surface area (Å²) in [6.45, 7) is 1.94. The van der Waals surface area contributed by atoms with Gasteiger partial charge in [0.05, 0.1) is 5.69 Å². The molecule has 3 heterocycles. The molecule has 0 bridgehead atoms. The molecular weight excluding hydrogens is 358 g/mol. The molecule has 3 aromatic rings. The third-order valence-electron chi connectivity index (χ3n) is 4.11. The fourth-order valence-corrected chi connectivity index (χ4v) is 4.05. The Labute approximate surface area is 153 Å². The van der Waals surface area contributed by atoms with Crippen LogP contribution >= 0.6 is 22.9 Å². The lowest BCUT2D eigenvalue weighted by molar-refractivity contribution is 0.103. The van der Waals surface area contributed by atoms with Crippen LogP contribution in [-0.4, -0.2) is 34.2 Å². The SMILES string of the molecule is O=C(Nc1ccc(-c2ccn[nH]2)cc1)c1sc(N2CCCC2)nc1Cl. The van der Waals surface area contributed by atoms with Crippen LogP contribution < -0.4 is 10.2 Å². The Morgan fingerprint density at radius 3 is 2.64 bits per heavy atom. The maximum absolute atomic E-state index is 12.5. The molecule has 128 valence electrons. The van der Waals surface area contributed by atoms with Gasteiger partial charge in [-0.2, -0.15) is 5.10 Å². The normalized spacial score (nSPS) is 14.0. The average Bonchev–Trinajstić information content (AvgIpc) is 3.37. The molecule has 0 aliphatic carbocycles. The predicted octanol–water partition coefficient (Wildman–Crippen LogP) is 4.04. The third-order valence-corrected chi connectivity index (χ3v) is 5.61. The number of rotatable bonds is 4. The summed E-state index contributed by atoms with van der Waals surface area (Å²) in [4.78, 5) is 19.5. The van der Waals surface area contributed by atoms with Crippen molar-refractivity contribution in [3.8, 4) is 11.3 Å². The van der Waals surface area contributed by atoms with Crippen LogP contribution in [0.15, 0.2) is 36.5 Å². The number of amides is 1. The predicted molar refractivity (Wildman–Crippen MR) is 101 cm³/mol. The second-order valence-corrected chi connectivity index (χ2v) is 7.15. The Bertz CT molecular complexity index is 869. The van der Waals surface area contributed by atoms with Crippen molar-refractivity contribution in [3.63, 3.8) is 0 Å². The van der Waals surface area contributed by atoms with E-state index in [0.29, 0.717) is 10.6 Å². The van der Waals surface area contributed by atoms with E-state index in [2.05, 4.69) is 25.4 Å². The zero-order valence-corrected chi connectivity index (χ0v) is 14.9. The van der Waals surface area contributed by atoms with Crippen molar-refractivity contribution in [2.75, 3.05) is 23.3 Å². The fraction of sp³-hybridized carbons (Fsp3) is 0.235. The molecule has 2 aromatic heterocycles. The first-order valence-electron chi connectivity index (χ1n) is 8.03. The summed E-state index contributed by atoms with van der Waals surface area (Å²) in [7, 11) is 0. The number of halogens is 1. The number of anilines is 2. The Hall–Kier alpha value is -2.38. The van der Waals surface area contributed by atoms with E-state index in [9.17, 15) is 4.79 Å². The first-order chi connectivity index (χ1) is 12.2. The molecule has 8 heteroatoms. The van der Waals surface area contributed by atoms with Gasteiger partial charge in [-0.05, 0) is 36.6 Å². The third kappa shape index (κ3) is 3.38. The van der Waals surface area contributed by atoms with Crippen LogP contribution in [0.4, 0.5) is 10.8 Å². The number of aromatic amines is 1. The van der Waals surface area contributed by atoms with Crippen molar-refractivity contribution in [1.29, 1.82) is 0 Å². The number of hydrogen-bond acceptors (Lipinski definition) is 5. The van der Waals surface area contributed by atoms with Gasteiger partial charge in [0, 0.05) is 25.0 Å². The molecule has 25 heavy (non-hydrogen) atoms. The number of carbonyl (C=O) groups is 1. The van der Waals surface area contributed by atoms with Gasteiger partial charge in [-0.3, -0.25) is 9.89 Å². The number of H-pyrrole nitrogens is 1. The molecule has 1 aromatic carbocycles. The summed E-state index contributed by atoms with van der Waals surface area (Å²) >= 11 is 7.52. The van der Waals surface area contributed by atoms with Gasteiger partial charge in [0.1, 0.15) is 4.88 Å². The number of thiazole rings is 1. The molecule has 0 saturated carbocycles. The number of hydrogen-bond donors (Lipinski definition) is 2. The second kappa shape index (κ2) is 6.85. The number of aromatic nitrogens is 3. The van der Waals surface area contributed by atoms with Crippen LogP contribution in [0, 0.1) is 0 Å². The van der Waals surface area contributed by atoms with Crippen LogP contribution in [-0.2, 0) is 0 Å². The summed E-state index contributed by atoms with van der Waals surface area (Å²) in [6.07, 6.45) is 4.01. The number of nitrogens with zero attached hydrogens (tertiary/aromatic N) is 3. The summed E-state index contributed by atoms with van der Waals surface area (Å²) in [5.74, 6) is -0.234. The maximum Gasteiger partial charge on any atom is 0.269 e. The first-order valence-corrected chi connectivity index (χ1v) is 9.22. The quantitative estimate of drug-likeness (QED) is 0.723. The van der Waals surface area contributed by atoms with Gasteiger partial charge in [0.25, 0.3) is 5.91 Å². The second-order valence-electron chi connectivity index (χ2n) is 5.81. The highest BCUT2D eigenvalue weighted by Gasteiger charge is 2.22. The van der Waals surface area contributed by atoms with Gasteiger partial charge in [-0.1, -0.05) is 35.1 Å². The Morgan fingerprint density at radius 2 is 1.96 bits per heavy atom. The molecule has 0 unspecified atom stereocenters. The van der Waals surface area contributed by atoms with Crippen molar-refractivity contribution >= 4 is 39.7 Å². The largest absolute Gasteiger partial charge is 0.348 e. The zero-order chi connectivity index (χ0) is 17.2. The van der Waals surface area contributed by atoms with Gasteiger partial charge in [-0.25, -0.2) is 4.98 Å². The Morgan fingerprint density at radius 1 is 1.20 bits per heavy atom. The molecule has 0 radical (unpaired) electrons. The van der Waals surface area contributed by atoms with Gasteiger partial charge < -0.3 is 10.2 Å². The molecule has 4 rings (SSSR count). The monoisotopic (exact) mass is 373 g/mol. The molecule has 1 saturated heterocycles. The van der Waals surface area contributed by atoms with E-state index in [1.54, 1.807) is 6.20 Å². The molecule has 6 nitrogen and oxygen atoms in total. The van der Waals surface area contributed by atoms with Crippen LogP contribution in [0.1, 0.15) is 22.5 Å². The summed E-state index contributed by atoms with van der Waals surface area (Å²) < 4.78 is 0. The fourth-order valence-electron chi connectivity index (χ4n) is 2.81. The Balaban J connectivity index is 1.48. The lowest BCUT2D eigenvalue weighted by Crippen LogP contribution is -2.17. The number of benzene rings is 1. The van der Waals surface area contributed by atoms with E-state index < -0.39 is 0 Å². The Kier molecular flexibility index (Phi) is 4.42. The topological polar surface area (TPSA) is 73.9 Å². The van der Waals surface area contributed by atoms with Crippen molar-refractivity contribution in [2.45, 2.75) is 12.8 Å². The minimum Gasteiger partial charge on any atom is -0.348 e. The molecule has 1 aliphatic rings. The molecular formula is C17H16ClN5OS. The van der Waals surface area contributed by atoms with Gasteiger partial charge >= 0.3 is 0 Å². The summed E-state index contributed by atoms with van der Waals surface area (Å²) in [5, 5.41) is 10.8. The maximum atomic E-state index is 12.5. The van der Waals surface area contributed by atoms with Crippen LogP contribution in [0.25, 0.3) is 11.3 Å². The van der Waals surface area contributed by atoms with Gasteiger partial charge in [-0.15, -0.1) is 0 Å². The highest BCUT2D eigenvalue weighted by Crippen LogP contribution is 2.32. The van der Waals surface area contributed by atoms with Crippen LogP contribution in [0.5, 0.6) is 0 Å². The molecule has 1 aliphatic heterocycles. The van der Waals surface area contributed by atoms with E-state index in [1.807, 2.05) is 30.3 Å². The summed E-state index contributed by atoms with van der Waals surface area (Å²) in [6, 6.07) is 9.44. The number of nitrogens with one attached hydrogen (secondary N) is 2. The van der Waals surface area contributed by atoms with E-state index in [-0.39, 0.29) is 11.1 Å². The van der Waals surface area contributed by atoms with Crippen molar-refractivity contribution in [1.82, 2.24) is 15.2 Å². The molecule has 1 amide bonds. The zero-order valence-electron chi connectivity index (χ0n) is 13.3. The minimum atomic E-state index is -0.234. The molecule has 0 spiro atoms. The van der Waals surface area contributed by atoms with Crippen molar-refractivity contribution in [2.24, 2.45) is 0 Å². The van der Waals surface area contributed by atoms with E-state index in [4.69, 9.17) is 11.6 Å². The van der Waals surface area contributed by atoms with Gasteiger partial charge in [0.15, 0.2) is 10.3 Å². The molecule has 1 fully saturated rings. The van der Waals surface area contributed by atoms with Crippen LogP contribution in [0.3, 0.4) is 0 Å². The smallest absolute Gasteiger partial charge is 0.269 e. The van der Waals surface area contributed by atoms with E-state index in [0.717, 1.165) is 42.3 Å². The summed E-state index contributed by atoms with van der Waals surface area (Å²) in [5.41, 5.74) is 2.64. The van der Waals surface area contributed by atoms with Crippen molar-refractivity contribution < 1.29 is 4.79 Å². The lowest BCUT2D eigenvalue weighted by Gasteiger charge is -2.11. The minimum absolute atomic E-state index is 0.234. The van der Waals surface area contributed by atoms with Crippen LogP contribution in [0.2, 0.25) is 5.15 Å².